The van der Waals surface area contributed by atoms with E-state index in [9.17, 15) is 4.79 Å². The van der Waals surface area contributed by atoms with E-state index in [0.717, 1.165) is 28.0 Å². The Morgan fingerprint density at radius 3 is 2.59 bits per heavy atom. The Morgan fingerprint density at radius 1 is 0.955 bits per heavy atom. The van der Waals surface area contributed by atoms with Gasteiger partial charge in [0.15, 0.2) is 5.78 Å². The molecule has 2 aromatic carbocycles. The molecule has 0 radical (unpaired) electrons. The molecule has 3 aromatic rings. The number of benzene rings is 2. The van der Waals surface area contributed by atoms with Gasteiger partial charge in [0.25, 0.3) is 0 Å². The lowest BCUT2D eigenvalue weighted by atomic mass is 9.95. The fraction of sp³-hybridized carbons (Fsp3) is 0.0556. The van der Waals surface area contributed by atoms with Crippen molar-refractivity contribution in [1.82, 2.24) is 9.97 Å². The van der Waals surface area contributed by atoms with Crippen LogP contribution in [0, 0.1) is 6.92 Å². The molecule has 0 aliphatic heterocycles. The van der Waals surface area contributed by atoms with Crippen LogP contribution in [0.25, 0.3) is 17.0 Å². The van der Waals surface area contributed by atoms with E-state index in [1.54, 1.807) is 12.2 Å². The number of nitrogens with zero attached hydrogens (tertiary/aromatic N) is 2. The van der Waals surface area contributed by atoms with Gasteiger partial charge in [-0.25, -0.2) is 9.97 Å². The Balaban J connectivity index is 1.95. The smallest absolute Gasteiger partial charge is 0.188 e. The molecule has 1 aliphatic rings. The number of aromatic nitrogens is 2. The van der Waals surface area contributed by atoms with Gasteiger partial charge in [0, 0.05) is 11.1 Å². The van der Waals surface area contributed by atoms with Crippen LogP contribution in [0.3, 0.4) is 0 Å². The van der Waals surface area contributed by atoms with Crippen molar-refractivity contribution in [3.05, 3.63) is 65.6 Å². The van der Waals surface area contributed by atoms with Crippen molar-refractivity contribution in [2.24, 2.45) is 0 Å². The molecule has 0 atom stereocenters. The Kier molecular flexibility index (Phi) is 2.76. The highest BCUT2D eigenvalue weighted by Gasteiger charge is 2.21. The van der Waals surface area contributed by atoms with Crippen molar-refractivity contribution in [2.75, 3.05) is 5.32 Å². The van der Waals surface area contributed by atoms with Crippen molar-refractivity contribution in [3.63, 3.8) is 0 Å². The van der Waals surface area contributed by atoms with E-state index < -0.39 is 0 Å². The van der Waals surface area contributed by atoms with Gasteiger partial charge in [0.1, 0.15) is 5.82 Å². The van der Waals surface area contributed by atoms with Gasteiger partial charge in [-0.15, -0.1) is 0 Å². The van der Waals surface area contributed by atoms with Gasteiger partial charge in [-0.1, -0.05) is 18.2 Å². The Bertz CT molecular complexity index is 930. The molecule has 22 heavy (non-hydrogen) atoms. The van der Waals surface area contributed by atoms with Crippen molar-refractivity contribution in [1.29, 1.82) is 0 Å². The molecule has 4 nitrogen and oxygen atoms in total. The molecule has 1 aromatic heterocycles. The Morgan fingerprint density at radius 2 is 1.77 bits per heavy atom. The zero-order chi connectivity index (χ0) is 15.1. The number of allylic oxidation sites excluding steroid dienone is 1. The number of aryl methyl sites for hydroxylation is 1. The first-order valence-corrected chi connectivity index (χ1v) is 7.08. The second kappa shape index (κ2) is 4.77. The summed E-state index contributed by atoms with van der Waals surface area (Å²) in [5.41, 5.74) is 3.96. The van der Waals surface area contributed by atoms with Gasteiger partial charge in [-0.05, 0) is 43.3 Å². The molecule has 106 valence electrons. The van der Waals surface area contributed by atoms with Crippen LogP contribution < -0.4 is 5.32 Å². The molecule has 0 spiro atoms. The zero-order valence-electron chi connectivity index (χ0n) is 12.0. The molecule has 0 saturated heterocycles. The second-order valence-corrected chi connectivity index (χ2v) is 5.23. The molecule has 0 bridgehead atoms. The van der Waals surface area contributed by atoms with Gasteiger partial charge < -0.3 is 5.32 Å². The molecule has 4 rings (SSSR count). The SMILES string of the molecule is Cc1nc2c3c(c(Nc4ccccc4)ccc3n1)C(=O)C=C2. The quantitative estimate of drug-likeness (QED) is 0.777. The standard InChI is InChI=1S/C18H13N3O/c1-11-19-13-7-8-15(21-12-5-3-2-4-6-12)18-16(22)10-9-14(20-11)17(13)18/h2-10,21H,1H3. The summed E-state index contributed by atoms with van der Waals surface area (Å²) in [6, 6.07) is 13.6. The number of para-hydroxylation sites is 1. The van der Waals surface area contributed by atoms with Gasteiger partial charge >= 0.3 is 0 Å². The molecular weight excluding hydrogens is 274 g/mol. The highest BCUT2D eigenvalue weighted by atomic mass is 16.1. The average Bonchev–Trinajstić information content (AvgIpc) is 2.53. The van der Waals surface area contributed by atoms with Crippen LogP contribution in [0.2, 0.25) is 0 Å². The third kappa shape index (κ3) is 1.97. The Hall–Kier alpha value is -3.01. The van der Waals surface area contributed by atoms with E-state index in [1.165, 1.54) is 0 Å². The van der Waals surface area contributed by atoms with Gasteiger partial charge in [-0.2, -0.15) is 0 Å². The normalized spacial score (nSPS) is 12.7. The fourth-order valence-electron chi connectivity index (χ4n) is 2.77. The molecule has 0 amide bonds. The van der Waals surface area contributed by atoms with Crippen LogP contribution in [0.4, 0.5) is 11.4 Å². The van der Waals surface area contributed by atoms with Gasteiger partial charge in [0.2, 0.25) is 0 Å². The lowest BCUT2D eigenvalue weighted by Crippen LogP contribution is -2.09. The summed E-state index contributed by atoms with van der Waals surface area (Å²) in [6.07, 6.45) is 3.33. The van der Waals surface area contributed by atoms with Crippen LogP contribution in [-0.4, -0.2) is 15.8 Å². The monoisotopic (exact) mass is 287 g/mol. The van der Waals surface area contributed by atoms with Crippen molar-refractivity contribution >= 4 is 34.1 Å². The first-order chi connectivity index (χ1) is 10.7. The summed E-state index contributed by atoms with van der Waals surface area (Å²) in [4.78, 5) is 21.3. The van der Waals surface area contributed by atoms with E-state index in [2.05, 4.69) is 15.3 Å². The minimum atomic E-state index is -0.0241. The lowest BCUT2D eigenvalue weighted by Gasteiger charge is -2.16. The van der Waals surface area contributed by atoms with E-state index in [4.69, 9.17) is 0 Å². The Labute approximate surface area is 127 Å². The van der Waals surface area contributed by atoms with Gasteiger partial charge in [-0.3, -0.25) is 4.79 Å². The molecule has 1 N–H and O–H groups in total. The molecule has 0 saturated carbocycles. The number of ketones is 1. The molecule has 1 aliphatic carbocycles. The highest BCUT2D eigenvalue weighted by molar-refractivity contribution is 6.22. The number of hydrogen-bond acceptors (Lipinski definition) is 4. The molecule has 1 heterocycles. The maximum Gasteiger partial charge on any atom is 0.188 e. The first-order valence-electron chi connectivity index (χ1n) is 7.08. The maximum atomic E-state index is 12.4. The van der Waals surface area contributed by atoms with Crippen LogP contribution in [0.15, 0.2) is 48.5 Å². The molecular formula is C18H13N3O. The van der Waals surface area contributed by atoms with Crippen molar-refractivity contribution < 1.29 is 4.79 Å². The minimum Gasteiger partial charge on any atom is -0.355 e. The summed E-state index contributed by atoms with van der Waals surface area (Å²) < 4.78 is 0. The number of carbonyl (C=O) groups is 1. The highest BCUT2D eigenvalue weighted by Crippen LogP contribution is 2.33. The molecule has 0 unspecified atom stereocenters. The third-order valence-corrected chi connectivity index (χ3v) is 3.70. The summed E-state index contributed by atoms with van der Waals surface area (Å²) >= 11 is 0. The first kappa shape index (κ1) is 12.7. The number of rotatable bonds is 2. The van der Waals surface area contributed by atoms with Crippen molar-refractivity contribution in [2.45, 2.75) is 6.92 Å². The van der Waals surface area contributed by atoms with E-state index in [0.29, 0.717) is 11.4 Å². The second-order valence-electron chi connectivity index (χ2n) is 5.23. The van der Waals surface area contributed by atoms with E-state index >= 15 is 0 Å². The molecule has 4 heteroatoms. The average molecular weight is 287 g/mol. The summed E-state index contributed by atoms with van der Waals surface area (Å²) in [5, 5.41) is 4.13. The largest absolute Gasteiger partial charge is 0.355 e. The number of nitrogens with one attached hydrogen (secondary N) is 1. The summed E-state index contributed by atoms with van der Waals surface area (Å²) in [5.74, 6) is 0.681. The third-order valence-electron chi connectivity index (χ3n) is 3.70. The summed E-state index contributed by atoms with van der Waals surface area (Å²) in [6.45, 7) is 1.86. The van der Waals surface area contributed by atoms with Gasteiger partial charge in [0.05, 0.1) is 22.5 Å². The summed E-state index contributed by atoms with van der Waals surface area (Å²) in [7, 11) is 0. The van der Waals surface area contributed by atoms with Crippen LogP contribution >= 0.6 is 0 Å². The van der Waals surface area contributed by atoms with Crippen molar-refractivity contribution in [3.8, 4) is 0 Å². The van der Waals surface area contributed by atoms with E-state index in [1.807, 2.05) is 49.4 Å². The zero-order valence-corrected chi connectivity index (χ0v) is 12.0. The van der Waals surface area contributed by atoms with Crippen LogP contribution in [0.1, 0.15) is 21.9 Å². The number of anilines is 2. The van der Waals surface area contributed by atoms with Crippen LogP contribution in [-0.2, 0) is 0 Å². The minimum absolute atomic E-state index is 0.0241. The number of carbonyl (C=O) groups excluding carboxylic acids is 1. The molecule has 0 fully saturated rings. The predicted molar refractivity (Wildman–Crippen MR) is 87.4 cm³/mol. The maximum absolute atomic E-state index is 12.4. The number of hydrogen-bond donors (Lipinski definition) is 1. The predicted octanol–water partition coefficient (Wildman–Crippen LogP) is 3.89. The van der Waals surface area contributed by atoms with E-state index in [-0.39, 0.29) is 5.78 Å². The van der Waals surface area contributed by atoms with Crippen LogP contribution in [0.5, 0.6) is 0 Å². The lowest BCUT2D eigenvalue weighted by molar-refractivity contribution is 0.104. The topological polar surface area (TPSA) is 54.9 Å². The fourth-order valence-corrected chi connectivity index (χ4v) is 2.77.